The average molecular weight is 493 g/mol. The van der Waals surface area contributed by atoms with Gasteiger partial charge < -0.3 is 10.1 Å². The molecule has 3 aromatic rings. The van der Waals surface area contributed by atoms with E-state index in [4.69, 9.17) is 16.3 Å². The van der Waals surface area contributed by atoms with E-state index in [9.17, 15) is 14.4 Å². The van der Waals surface area contributed by atoms with Gasteiger partial charge in [-0.15, -0.1) is 0 Å². The minimum atomic E-state index is -0.511. The summed E-state index contributed by atoms with van der Waals surface area (Å²) in [6.07, 6.45) is 1.62. The largest absolute Gasteiger partial charge is 0.489 e. The fourth-order valence-electron chi connectivity index (χ4n) is 3.28. The van der Waals surface area contributed by atoms with E-state index in [1.165, 1.54) is 0 Å². The number of nitrogens with zero attached hydrogens (tertiary/aromatic N) is 1. The summed E-state index contributed by atoms with van der Waals surface area (Å²) >= 11 is 6.79. The van der Waals surface area contributed by atoms with Gasteiger partial charge in [0.15, 0.2) is 0 Å². The SMILES string of the molecule is Cc1ccc(Cl)cc1NC(=O)CN1C(=O)S/C(=C/c2cccc(OCc3ccccc3)c2)C1=O. The first-order valence-corrected chi connectivity index (χ1v) is 11.7. The van der Waals surface area contributed by atoms with Crippen LogP contribution in [0.15, 0.2) is 77.7 Å². The van der Waals surface area contributed by atoms with Crippen LogP contribution in [-0.4, -0.2) is 28.5 Å². The molecule has 1 heterocycles. The molecule has 0 saturated carbocycles. The summed E-state index contributed by atoms with van der Waals surface area (Å²) in [5, 5.41) is 2.69. The van der Waals surface area contributed by atoms with Crippen LogP contribution in [0.5, 0.6) is 5.75 Å². The third-order valence-corrected chi connectivity index (χ3v) is 6.20. The molecule has 3 amide bonds. The monoisotopic (exact) mass is 492 g/mol. The maximum absolute atomic E-state index is 12.8. The van der Waals surface area contributed by atoms with Gasteiger partial charge in [0, 0.05) is 10.7 Å². The number of halogens is 1. The molecule has 1 fully saturated rings. The lowest BCUT2D eigenvalue weighted by Gasteiger charge is -2.13. The number of nitrogens with one attached hydrogen (secondary N) is 1. The number of thioether (sulfide) groups is 1. The summed E-state index contributed by atoms with van der Waals surface area (Å²) in [6.45, 7) is 1.86. The highest BCUT2D eigenvalue weighted by Crippen LogP contribution is 2.32. The van der Waals surface area contributed by atoms with Crippen molar-refractivity contribution in [3.63, 3.8) is 0 Å². The van der Waals surface area contributed by atoms with Gasteiger partial charge in [0.2, 0.25) is 5.91 Å². The Morgan fingerprint density at radius 2 is 1.85 bits per heavy atom. The molecule has 0 bridgehead atoms. The van der Waals surface area contributed by atoms with E-state index in [2.05, 4.69) is 5.32 Å². The molecule has 1 aliphatic rings. The van der Waals surface area contributed by atoms with E-state index >= 15 is 0 Å². The number of carbonyl (C=O) groups is 3. The lowest BCUT2D eigenvalue weighted by molar-refractivity contribution is -0.127. The Morgan fingerprint density at radius 3 is 2.65 bits per heavy atom. The zero-order valence-electron chi connectivity index (χ0n) is 18.3. The molecule has 6 nitrogen and oxygen atoms in total. The topological polar surface area (TPSA) is 75.7 Å². The molecule has 0 aromatic heterocycles. The number of ether oxygens (including phenoxy) is 1. The van der Waals surface area contributed by atoms with Crippen LogP contribution in [0.1, 0.15) is 16.7 Å². The van der Waals surface area contributed by atoms with Crippen LogP contribution in [0.4, 0.5) is 10.5 Å². The second-order valence-corrected chi connectivity index (χ2v) is 9.05. The average Bonchev–Trinajstić information content (AvgIpc) is 3.08. The van der Waals surface area contributed by atoms with Gasteiger partial charge in [0.25, 0.3) is 11.1 Å². The van der Waals surface area contributed by atoms with Gasteiger partial charge >= 0.3 is 0 Å². The highest BCUT2D eigenvalue weighted by atomic mass is 35.5. The van der Waals surface area contributed by atoms with Crippen LogP contribution in [0.3, 0.4) is 0 Å². The standard InChI is InChI=1S/C26H21ClN2O4S/c1-17-10-11-20(27)14-22(17)28-24(30)15-29-25(31)23(34-26(29)32)13-19-8-5-9-21(12-19)33-16-18-6-3-2-4-7-18/h2-14H,15-16H2,1H3,(H,28,30)/b23-13+. The molecular formula is C26H21ClN2O4S. The molecule has 3 aromatic carbocycles. The number of rotatable bonds is 7. The number of aryl methyl sites for hydroxylation is 1. The Balaban J connectivity index is 1.41. The molecule has 1 saturated heterocycles. The zero-order chi connectivity index (χ0) is 24.1. The van der Waals surface area contributed by atoms with Gasteiger partial charge in [-0.1, -0.05) is 60.1 Å². The molecule has 0 aliphatic carbocycles. The minimum absolute atomic E-state index is 0.247. The van der Waals surface area contributed by atoms with Crippen LogP contribution < -0.4 is 10.1 Å². The number of carbonyl (C=O) groups excluding carboxylic acids is 3. The Hall–Kier alpha value is -3.55. The minimum Gasteiger partial charge on any atom is -0.489 e. The molecule has 172 valence electrons. The molecule has 0 spiro atoms. The number of amides is 3. The van der Waals surface area contributed by atoms with Gasteiger partial charge in [0.1, 0.15) is 18.9 Å². The first-order chi connectivity index (χ1) is 16.4. The van der Waals surface area contributed by atoms with Crippen molar-refractivity contribution in [2.24, 2.45) is 0 Å². The van der Waals surface area contributed by atoms with E-state index < -0.39 is 17.1 Å². The highest BCUT2D eigenvalue weighted by Gasteiger charge is 2.36. The quantitative estimate of drug-likeness (QED) is 0.415. The summed E-state index contributed by atoms with van der Waals surface area (Å²) in [5.74, 6) is -0.345. The van der Waals surface area contributed by atoms with Crippen LogP contribution in [0.25, 0.3) is 6.08 Å². The Kier molecular flexibility index (Phi) is 7.35. The Bertz CT molecular complexity index is 1280. The highest BCUT2D eigenvalue weighted by molar-refractivity contribution is 8.18. The molecule has 0 unspecified atom stereocenters. The van der Waals surface area contributed by atoms with Crippen molar-refractivity contribution in [1.82, 2.24) is 4.90 Å². The maximum atomic E-state index is 12.8. The summed E-state index contributed by atoms with van der Waals surface area (Å²) < 4.78 is 5.83. The van der Waals surface area contributed by atoms with E-state index in [1.54, 1.807) is 30.3 Å². The van der Waals surface area contributed by atoms with Crippen molar-refractivity contribution < 1.29 is 19.1 Å². The molecular weight excluding hydrogens is 472 g/mol. The predicted molar refractivity (Wildman–Crippen MR) is 135 cm³/mol. The fraction of sp³-hybridized carbons (Fsp3) is 0.115. The molecule has 4 rings (SSSR count). The summed E-state index contributed by atoms with van der Waals surface area (Å²) in [5.41, 5.74) is 3.11. The van der Waals surface area contributed by atoms with E-state index in [-0.39, 0.29) is 11.4 Å². The number of hydrogen-bond acceptors (Lipinski definition) is 5. The van der Waals surface area contributed by atoms with E-state index in [0.717, 1.165) is 33.4 Å². The molecule has 8 heteroatoms. The maximum Gasteiger partial charge on any atom is 0.294 e. The van der Waals surface area contributed by atoms with Crippen molar-refractivity contribution >= 4 is 52.2 Å². The summed E-state index contributed by atoms with van der Waals surface area (Å²) in [4.78, 5) is 38.9. The van der Waals surface area contributed by atoms with Crippen molar-refractivity contribution in [3.8, 4) is 5.75 Å². The number of benzene rings is 3. The van der Waals surface area contributed by atoms with Gasteiger partial charge in [-0.3, -0.25) is 19.3 Å². The molecule has 0 radical (unpaired) electrons. The molecule has 1 N–H and O–H groups in total. The van der Waals surface area contributed by atoms with Gasteiger partial charge in [0.05, 0.1) is 4.91 Å². The summed E-state index contributed by atoms with van der Waals surface area (Å²) in [6, 6.07) is 22.2. The van der Waals surface area contributed by atoms with Gasteiger partial charge in [-0.2, -0.15) is 0 Å². The van der Waals surface area contributed by atoms with Gasteiger partial charge in [-0.25, -0.2) is 0 Å². The Morgan fingerprint density at radius 1 is 1.06 bits per heavy atom. The number of imide groups is 1. The lowest BCUT2D eigenvalue weighted by Crippen LogP contribution is -2.36. The smallest absolute Gasteiger partial charge is 0.294 e. The van der Waals surface area contributed by atoms with E-state index in [0.29, 0.717) is 23.1 Å². The van der Waals surface area contributed by atoms with Crippen LogP contribution >= 0.6 is 23.4 Å². The van der Waals surface area contributed by atoms with Crippen molar-refractivity contribution in [2.45, 2.75) is 13.5 Å². The molecule has 0 atom stereocenters. The van der Waals surface area contributed by atoms with Crippen LogP contribution in [0, 0.1) is 6.92 Å². The van der Waals surface area contributed by atoms with Gasteiger partial charge in [-0.05, 0) is 65.7 Å². The van der Waals surface area contributed by atoms with Crippen molar-refractivity contribution in [2.75, 3.05) is 11.9 Å². The molecule has 1 aliphatic heterocycles. The Labute approximate surface area is 206 Å². The fourth-order valence-corrected chi connectivity index (χ4v) is 4.30. The third kappa shape index (κ3) is 5.87. The van der Waals surface area contributed by atoms with Crippen molar-refractivity contribution in [1.29, 1.82) is 0 Å². The molecule has 34 heavy (non-hydrogen) atoms. The van der Waals surface area contributed by atoms with Crippen LogP contribution in [0.2, 0.25) is 5.02 Å². The first-order valence-electron chi connectivity index (χ1n) is 10.5. The predicted octanol–water partition coefficient (Wildman–Crippen LogP) is 5.90. The van der Waals surface area contributed by atoms with Crippen LogP contribution in [-0.2, 0) is 16.2 Å². The lowest BCUT2D eigenvalue weighted by atomic mass is 10.2. The summed E-state index contributed by atoms with van der Waals surface area (Å²) in [7, 11) is 0. The second kappa shape index (κ2) is 10.6. The first kappa shape index (κ1) is 23.6. The van der Waals surface area contributed by atoms with Crippen molar-refractivity contribution in [3.05, 3.63) is 99.4 Å². The van der Waals surface area contributed by atoms with E-state index in [1.807, 2.05) is 55.5 Å². The normalized spacial score (nSPS) is 14.5. The zero-order valence-corrected chi connectivity index (χ0v) is 19.9. The second-order valence-electron chi connectivity index (χ2n) is 7.62. The number of hydrogen-bond donors (Lipinski definition) is 1. The number of anilines is 1. The third-order valence-electron chi connectivity index (χ3n) is 5.05.